The predicted molar refractivity (Wildman–Crippen MR) is 73.3 cm³/mol. The second-order valence-corrected chi connectivity index (χ2v) is 4.73. The van der Waals surface area contributed by atoms with Crippen molar-refractivity contribution in [2.75, 3.05) is 19.8 Å². The van der Waals surface area contributed by atoms with E-state index in [-0.39, 0.29) is 6.61 Å². The van der Waals surface area contributed by atoms with Crippen LogP contribution in [0.5, 0.6) is 0 Å². The molecule has 0 aromatic heterocycles. The highest BCUT2D eigenvalue weighted by Gasteiger charge is 2.30. The number of unbranched alkanes of at least 4 members (excludes halogenated alkanes) is 1. The highest BCUT2D eigenvalue weighted by Crippen LogP contribution is 2.23. The van der Waals surface area contributed by atoms with Crippen LogP contribution in [0.3, 0.4) is 0 Å². The number of carboxylic acids is 1. The van der Waals surface area contributed by atoms with Gasteiger partial charge in [0.05, 0.1) is 19.8 Å². The molecule has 20 heavy (non-hydrogen) atoms. The molecule has 0 radical (unpaired) electrons. The van der Waals surface area contributed by atoms with Crippen LogP contribution < -0.4 is 0 Å². The Labute approximate surface area is 120 Å². The summed E-state index contributed by atoms with van der Waals surface area (Å²) < 4.78 is 15.4. The van der Waals surface area contributed by atoms with Crippen molar-refractivity contribution < 1.29 is 28.9 Å². The van der Waals surface area contributed by atoms with Crippen LogP contribution in [0.2, 0.25) is 0 Å². The van der Waals surface area contributed by atoms with Crippen LogP contribution in [0.25, 0.3) is 0 Å². The van der Waals surface area contributed by atoms with Gasteiger partial charge in [-0.15, -0.1) is 0 Å². The van der Waals surface area contributed by atoms with Crippen LogP contribution in [-0.4, -0.2) is 42.7 Å². The van der Waals surface area contributed by atoms with E-state index in [1.165, 1.54) is 12.8 Å². The smallest absolute Gasteiger partial charge is 0.317 e. The molecule has 118 valence electrons. The second kappa shape index (κ2) is 10.6. The third-order valence-corrected chi connectivity index (χ3v) is 2.73. The minimum Gasteiger partial charge on any atom is -0.481 e. The van der Waals surface area contributed by atoms with Crippen molar-refractivity contribution in [1.29, 1.82) is 0 Å². The van der Waals surface area contributed by atoms with Crippen LogP contribution >= 0.6 is 0 Å². The van der Waals surface area contributed by atoms with E-state index in [2.05, 4.69) is 13.8 Å². The molecule has 0 spiro atoms. The van der Waals surface area contributed by atoms with Crippen molar-refractivity contribution in [2.45, 2.75) is 58.7 Å². The summed E-state index contributed by atoms with van der Waals surface area (Å²) in [6.07, 6.45) is 3.25. The van der Waals surface area contributed by atoms with E-state index in [1.54, 1.807) is 0 Å². The molecule has 0 aromatic carbocycles. The first-order valence-electron chi connectivity index (χ1n) is 7.09. The van der Waals surface area contributed by atoms with Gasteiger partial charge in [0, 0.05) is 6.42 Å². The molecule has 0 aliphatic carbocycles. The van der Waals surface area contributed by atoms with E-state index in [0.717, 1.165) is 0 Å². The van der Waals surface area contributed by atoms with Crippen molar-refractivity contribution in [1.82, 2.24) is 0 Å². The fourth-order valence-corrected chi connectivity index (χ4v) is 1.45. The summed E-state index contributed by atoms with van der Waals surface area (Å²) in [7, 11) is 0. The van der Waals surface area contributed by atoms with E-state index in [1.807, 2.05) is 6.92 Å². The number of rotatable bonds is 7. The molecule has 0 bridgehead atoms. The number of esters is 1. The maximum absolute atomic E-state index is 10.9. The number of hydrogen-bond acceptors (Lipinski definition) is 5. The van der Waals surface area contributed by atoms with Crippen LogP contribution in [0.15, 0.2) is 0 Å². The number of carboxylic acid groups (broad SMARTS) is 1. The first-order valence-corrected chi connectivity index (χ1v) is 7.09. The lowest BCUT2D eigenvalue weighted by Crippen LogP contribution is -2.26. The Hall–Kier alpha value is -1.14. The Balaban J connectivity index is 0.000000796. The van der Waals surface area contributed by atoms with Gasteiger partial charge < -0.3 is 19.3 Å². The largest absolute Gasteiger partial charge is 0.481 e. The van der Waals surface area contributed by atoms with Gasteiger partial charge in [0.25, 0.3) is 0 Å². The van der Waals surface area contributed by atoms with Gasteiger partial charge in [-0.2, -0.15) is 0 Å². The predicted octanol–water partition coefficient (Wildman–Crippen LogP) is 2.35. The number of carbonyl (C=O) groups excluding carboxylic acids is 1. The van der Waals surface area contributed by atoms with Gasteiger partial charge in [0.15, 0.2) is 5.79 Å². The zero-order valence-corrected chi connectivity index (χ0v) is 12.6. The fraction of sp³-hybridized carbons (Fsp3) is 0.857. The Kier molecular flexibility index (Phi) is 10.0. The molecule has 1 fully saturated rings. The number of carbonyl (C=O) groups is 2. The minimum atomic E-state index is -1.18. The van der Waals surface area contributed by atoms with Crippen molar-refractivity contribution in [3.63, 3.8) is 0 Å². The summed E-state index contributed by atoms with van der Waals surface area (Å²) >= 11 is 0. The molecule has 6 nitrogen and oxygen atoms in total. The zero-order chi connectivity index (χ0) is 15.4. The van der Waals surface area contributed by atoms with E-state index < -0.39 is 24.1 Å². The number of hydrogen-bond donors (Lipinski definition) is 1. The number of aliphatic carboxylic acids is 1. The fourth-order valence-electron chi connectivity index (χ4n) is 1.45. The third kappa shape index (κ3) is 9.75. The standard InChI is InChI=1S/C10H16O6.C4H10/c1-10(15-5-6-16-10)3-2-4-14-9(13)7-8(11)12;1-3-4-2/h2-7H2,1H3,(H,11,12);3-4H2,1-2H3. The molecular formula is C14H26O6. The lowest BCUT2D eigenvalue weighted by atomic mass is 10.2. The van der Waals surface area contributed by atoms with Crippen molar-refractivity contribution >= 4 is 11.9 Å². The van der Waals surface area contributed by atoms with Gasteiger partial charge in [0.1, 0.15) is 6.42 Å². The second-order valence-electron chi connectivity index (χ2n) is 4.73. The molecule has 0 unspecified atom stereocenters. The van der Waals surface area contributed by atoms with Gasteiger partial charge in [-0.3, -0.25) is 9.59 Å². The maximum atomic E-state index is 10.9. The lowest BCUT2D eigenvalue weighted by molar-refractivity contribution is -0.157. The molecular weight excluding hydrogens is 264 g/mol. The zero-order valence-electron chi connectivity index (χ0n) is 12.6. The van der Waals surface area contributed by atoms with Gasteiger partial charge in [-0.1, -0.05) is 26.7 Å². The molecule has 0 amide bonds. The van der Waals surface area contributed by atoms with E-state index in [0.29, 0.717) is 26.1 Å². The summed E-state index contributed by atoms with van der Waals surface area (Å²) in [6.45, 7) is 7.54. The molecule has 1 heterocycles. The first-order chi connectivity index (χ1) is 9.43. The van der Waals surface area contributed by atoms with E-state index in [9.17, 15) is 9.59 Å². The maximum Gasteiger partial charge on any atom is 0.317 e. The molecule has 6 heteroatoms. The van der Waals surface area contributed by atoms with Crippen LogP contribution in [0.4, 0.5) is 0 Å². The summed E-state index contributed by atoms with van der Waals surface area (Å²) in [5.74, 6) is -2.48. The van der Waals surface area contributed by atoms with Gasteiger partial charge in [-0.05, 0) is 13.3 Å². The van der Waals surface area contributed by atoms with Gasteiger partial charge >= 0.3 is 11.9 Å². The Bertz CT molecular complexity index is 281. The Morgan fingerprint density at radius 1 is 1.20 bits per heavy atom. The normalized spacial score (nSPS) is 16.1. The van der Waals surface area contributed by atoms with Crippen LogP contribution in [-0.2, 0) is 23.8 Å². The summed E-state index contributed by atoms with van der Waals surface area (Å²) in [5.41, 5.74) is 0. The Morgan fingerprint density at radius 3 is 2.20 bits per heavy atom. The van der Waals surface area contributed by atoms with E-state index >= 15 is 0 Å². The molecule has 0 saturated carbocycles. The molecule has 1 aliphatic rings. The molecule has 1 N–H and O–H groups in total. The van der Waals surface area contributed by atoms with Crippen LogP contribution in [0, 0.1) is 0 Å². The van der Waals surface area contributed by atoms with Gasteiger partial charge in [0.2, 0.25) is 0 Å². The quantitative estimate of drug-likeness (QED) is 0.440. The van der Waals surface area contributed by atoms with Crippen molar-refractivity contribution in [3.8, 4) is 0 Å². The highest BCUT2D eigenvalue weighted by molar-refractivity contribution is 5.90. The number of ether oxygens (including phenoxy) is 3. The lowest BCUT2D eigenvalue weighted by Gasteiger charge is -2.21. The molecule has 1 saturated heterocycles. The summed E-state index contributed by atoms with van der Waals surface area (Å²) in [4.78, 5) is 21.0. The minimum absolute atomic E-state index is 0.189. The summed E-state index contributed by atoms with van der Waals surface area (Å²) in [6, 6.07) is 0. The van der Waals surface area contributed by atoms with Crippen molar-refractivity contribution in [2.24, 2.45) is 0 Å². The SMILES string of the molecule is CC1(CCCOC(=O)CC(=O)O)OCCO1.CCCC. The molecule has 1 aliphatic heterocycles. The highest BCUT2D eigenvalue weighted by atomic mass is 16.7. The monoisotopic (exact) mass is 290 g/mol. The Morgan fingerprint density at radius 2 is 1.75 bits per heavy atom. The molecule has 0 aromatic rings. The van der Waals surface area contributed by atoms with E-state index in [4.69, 9.17) is 19.3 Å². The molecule has 1 rings (SSSR count). The summed E-state index contributed by atoms with van der Waals surface area (Å²) in [5, 5.41) is 8.31. The third-order valence-electron chi connectivity index (χ3n) is 2.73. The van der Waals surface area contributed by atoms with Crippen molar-refractivity contribution in [3.05, 3.63) is 0 Å². The van der Waals surface area contributed by atoms with Gasteiger partial charge in [-0.25, -0.2) is 0 Å². The average Bonchev–Trinajstić information content (AvgIpc) is 2.81. The first kappa shape index (κ1) is 18.9. The van der Waals surface area contributed by atoms with Crippen LogP contribution in [0.1, 0.15) is 52.9 Å². The molecule has 0 atom stereocenters. The topological polar surface area (TPSA) is 82.1 Å². The average molecular weight is 290 g/mol.